The number of rotatable bonds is 4. The van der Waals surface area contributed by atoms with Crippen LogP contribution in [0.3, 0.4) is 0 Å². The van der Waals surface area contributed by atoms with Gasteiger partial charge in [0.25, 0.3) is 16.1 Å². The van der Waals surface area contributed by atoms with Crippen LogP contribution in [0.4, 0.5) is 17.6 Å². The number of amides is 1. The smallest absolute Gasteiger partial charge is 0.282 e. The Bertz CT molecular complexity index is 1150. The maximum atomic E-state index is 14.4. The van der Waals surface area contributed by atoms with E-state index in [1.807, 2.05) is 0 Å². The fourth-order valence-electron chi connectivity index (χ4n) is 4.65. The van der Waals surface area contributed by atoms with Gasteiger partial charge in [-0.1, -0.05) is 6.42 Å². The molecule has 0 saturated carbocycles. The van der Waals surface area contributed by atoms with E-state index in [0.29, 0.717) is 12.8 Å². The summed E-state index contributed by atoms with van der Waals surface area (Å²) in [5.41, 5.74) is 1.29. The lowest BCUT2D eigenvalue weighted by Gasteiger charge is -2.39. The molecule has 0 spiro atoms. The van der Waals surface area contributed by atoms with E-state index >= 15 is 0 Å². The molecule has 2 aliphatic heterocycles. The van der Waals surface area contributed by atoms with Crippen molar-refractivity contribution in [3.8, 4) is 0 Å². The number of hydroxylamine groups is 1. The number of nitrogens with zero attached hydrogens (tertiary/aromatic N) is 2. The van der Waals surface area contributed by atoms with E-state index in [4.69, 9.17) is 5.21 Å². The Labute approximate surface area is 181 Å². The third kappa shape index (κ3) is 3.66. The molecule has 2 aromatic rings. The molecular weight excluding hydrogens is 456 g/mol. The Morgan fingerprint density at radius 2 is 1.66 bits per heavy atom. The number of piperidine rings is 2. The van der Waals surface area contributed by atoms with Crippen molar-refractivity contribution in [2.75, 3.05) is 19.6 Å². The van der Waals surface area contributed by atoms with Crippen LogP contribution in [0.1, 0.15) is 43.6 Å². The van der Waals surface area contributed by atoms with E-state index in [0.717, 1.165) is 4.31 Å². The first-order valence-corrected chi connectivity index (χ1v) is 11.6. The van der Waals surface area contributed by atoms with Gasteiger partial charge in [-0.3, -0.25) is 10.0 Å². The average molecular weight is 478 g/mol. The SMILES string of the molecule is O=C(NO)C1CCCCN1S(=O)(=O)N1CCC(c2c[nH]c3c(F)c(F)c(F)c(F)c23)CC1. The predicted octanol–water partition coefficient (Wildman–Crippen LogP) is 2.51. The zero-order chi connectivity index (χ0) is 23.2. The zero-order valence-electron chi connectivity index (χ0n) is 16.9. The molecule has 1 atom stereocenters. The molecule has 2 fully saturated rings. The van der Waals surface area contributed by atoms with E-state index in [9.17, 15) is 30.8 Å². The van der Waals surface area contributed by atoms with Crippen LogP contribution in [0.15, 0.2) is 6.20 Å². The van der Waals surface area contributed by atoms with Gasteiger partial charge in [0.2, 0.25) is 0 Å². The summed E-state index contributed by atoms with van der Waals surface area (Å²) in [6, 6.07) is -1.01. The molecule has 1 aromatic carbocycles. The van der Waals surface area contributed by atoms with Crippen LogP contribution < -0.4 is 5.48 Å². The molecule has 2 aliphatic rings. The fraction of sp³-hybridized carbons (Fsp3) is 0.526. The van der Waals surface area contributed by atoms with Crippen molar-refractivity contribution in [1.82, 2.24) is 19.1 Å². The summed E-state index contributed by atoms with van der Waals surface area (Å²) in [5, 5.41) is 8.56. The highest BCUT2D eigenvalue weighted by molar-refractivity contribution is 7.86. The third-order valence-corrected chi connectivity index (χ3v) is 8.36. The molecule has 2 saturated heterocycles. The first-order chi connectivity index (χ1) is 15.2. The summed E-state index contributed by atoms with van der Waals surface area (Å²) in [6.45, 7) is 0.215. The van der Waals surface area contributed by atoms with Gasteiger partial charge in [-0.2, -0.15) is 17.0 Å². The minimum absolute atomic E-state index is 0.0391. The fourth-order valence-corrected chi connectivity index (χ4v) is 6.50. The molecule has 4 rings (SSSR count). The Hall–Kier alpha value is -2.22. The lowest BCUT2D eigenvalue weighted by atomic mass is 9.90. The van der Waals surface area contributed by atoms with Crippen molar-refractivity contribution < 1.29 is 36.0 Å². The van der Waals surface area contributed by atoms with Crippen molar-refractivity contribution >= 4 is 27.0 Å². The summed E-state index contributed by atoms with van der Waals surface area (Å²) >= 11 is 0. The van der Waals surface area contributed by atoms with Gasteiger partial charge >= 0.3 is 0 Å². The van der Waals surface area contributed by atoms with E-state index in [2.05, 4.69) is 4.98 Å². The predicted molar refractivity (Wildman–Crippen MR) is 105 cm³/mol. The van der Waals surface area contributed by atoms with Gasteiger partial charge < -0.3 is 4.98 Å². The number of hydrogen-bond donors (Lipinski definition) is 3. The average Bonchev–Trinajstić information content (AvgIpc) is 3.26. The molecule has 176 valence electrons. The number of carbonyl (C=O) groups excluding carboxylic acids is 1. The number of nitrogens with one attached hydrogen (secondary N) is 2. The number of carbonyl (C=O) groups is 1. The molecule has 3 N–H and O–H groups in total. The highest BCUT2D eigenvalue weighted by atomic mass is 32.2. The number of H-pyrrole nitrogens is 1. The van der Waals surface area contributed by atoms with Crippen molar-refractivity contribution in [2.24, 2.45) is 0 Å². The number of fused-ring (bicyclic) bond motifs is 1. The summed E-state index contributed by atoms with van der Waals surface area (Å²) < 4.78 is 84.2. The summed E-state index contributed by atoms with van der Waals surface area (Å²) in [7, 11) is -4.01. The second kappa shape index (κ2) is 8.61. The standard InChI is InChI=1S/C19H22F4N4O4S/c20-14-13-11(9-24-18(13)17(23)16(22)15(14)21)10-4-7-26(8-5-10)32(30,31)27-6-2-1-3-12(27)19(28)25-29/h9-10,12,24,29H,1-8H2,(H,25,28). The quantitative estimate of drug-likeness (QED) is 0.206. The highest BCUT2D eigenvalue weighted by Crippen LogP contribution is 2.38. The van der Waals surface area contributed by atoms with Crippen molar-refractivity contribution in [3.63, 3.8) is 0 Å². The van der Waals surface area contributed by atoms with Crippen LogP contribution in [0.2, 0.25) is 0 Å². The van der Waals surface area contributed by atoms with Crippen LogP contribution in [0.25, 0.3) is 10.9 Å². The lowest BCUT2D eigenvalue weighted by Crippen LogP contribution is -2.56. The molecule has 1 unspecified atom stereocenters. The van der Waals surface area contributed by atoms with Crippen molar-refractivity contribution in [2.45, 2.75) is 44.1 Å². The van der Waals surface area contributed by atoms with E-state index in [1.165, 1.54) is 16.0 Å². The minimum atomic E-state index is -4.01. The van der Waals surface area contributed by atoms with Gasteiger partial charge in [-0.25, -0.2) is 23.0 Å². The number of halogens is 4. The first-order valence-electron chi connectivity index (χ1n) is 10.2. The van der Waals surface area contributed by atoms with Gasteiger partial charge in [-0.15, -0.1) is 0 Å². The normalized spacial score (nSPS) is 21.8. The Morgan fingerprint density at radius 3 is 2.31 bits per heavy atom. The number of aromatic amines is 1. The van der Waals surface area contributed by atoms with Gasteiger partial charge in [0.05, 0.1) is 5.52 Å². The number of hydrogen-bond acceptors (Lipinski definition) is 4. The molecule has 13 heteroatoms. The molecule has 1 aromatic heterocycles. The van der Waals surface area contributed by atoms with E-state index < -0.39 is 56.9 Å². The first kappa shape index (κ1) is 23.0. The van der Waals surface area contributed by atoms with Crippen LogP contribution in [-0.2, 0) is 15.0 Å². The Balaban J connectivity index is 1.55. The molecule has 0 bridgehead atoms. The maximum absolute atomic E-state index is 14.4. The second-order valence-corrected chi connectivity index (χ2v) is 9.91. The largest absolute Gasteiger partial charge is 0.358 e. The van der Waals surface area contributed by atoms with Crippen LogP contribution in [-0.4, -0.2) is 58.8 Å². The molecule has 0 radical (unpaired) electrons. The Kier molecular flexibility index (Phi) is 6.18. The van der Waals surface area contributed by atoms with Gasteiger partial charge in [0.1, 0.15) is 6.04 Å². The van der Waals surface area contributed by atoms with Crippen molar-refractivity contribution in [1.29, 1.82) is 0 Å². The third-order valence-electron chi connectivity index (χ3n) is 6.31. The summed E-state index contributed by atoms with van der Waals surface area (Å²) in [6.07, 6.45) is 3.26. The summed E-state index contributed by atoms with van der Waals surface area (Å²) in [5.74, 6) is -8.00. The monoisotopic (exact) mass is 478 g/mol. The lowest BCUT2D eigenvalue weighted by molar-refractivity contribution is -0.134. The summed E-state index contributed by atoms with van der Waals surface area (Å²) in [4.78, 5) is 14.4. The van der Waals surface area contributed by atoms with Crippen LogP contribution in [0.5, 0.6) is 0 Å². The molecule has 3 heterocycles. The van der Waals surface area contributed by atoms with Crippen LogP contribution in [0, 0.1) is 23.3 Å². The van der Waals surface area contributed by atoms with Crippen LogP contribution >= 0.6 is 0 Å². The highest BCUT2D eigenvalue weighted by Gasteiger charge is 2.41. The van der Waals surface area contributed by atoms with Gasteiger partial charge in [0, 0.05) is 31.2 Å². The molecule has 1 amide bonds. The second-order valence-electron chi connectivity index (χ2n) is 8.03. The molecular formula is C19H22F4N4O4S. The van der Waals surface area contributed by atoms with Crippen molar-refractivity contribution in [3.05, 3.63) is 35.0 Å². The number of aromatic nitrogens is 1. The number of benzene rings is 1. The zero-order valence-corrected chi connectivity index (χ0v) is 17.7. The van der Waals surface area contributed by atoms with Gasteiger partial charge in [-0.05, 0) is 37.2 Å². The molecule has 8 nitrogen and oxygen atoms in total. The Morgan fingerprint density at radius 1 is 1.00 bits per heavy atom. The molecule has 32 heavy (non-hydrogen) atoms. The topological polar surface area (TPSA) is 106 Å². The minimum Gasteiger partial charge on any atom is -0.358 e. The molecule has 0 aliphatic carbocycles. The maximum Gasteiger partial charge on any atom is 0.282 e. The van der Waals surface area contributed by atoms with Gasteiger partial charge in [0.15, 0.2) is 23.3 Å². The van der Waals surface area contributed by atoms with E-state index in [1.54, 1.807) is 0 Å². The van der Waals surface area contributed by atoms with E-state index in [-0.39, 0.29) is 49.8 Å².